The number of nitrogens with zero attached hydrogens (tertiary/aromatic N) is 1. The van der Waals surface area contributed by atoms with Gasteiger partial charge in [-0.15, -0.1) is 0 Å². The van der Waals surface area contributed by atoms with Gasteiger partial charge in [-0.25, -0.2) is 0 Å². The molecule has 0 saturated heterocycles. The zero-order valence-electron chi connectivity index (χ0n) is 57.1. The van der Waals surface area contributed by atoms with Crippen molar-refractivity contribution in [3.63, 3.8) is 0 Å². The average molecular weight is 1380 g/mol. The second-order valence-corrected chi connectivity index (χ2v) is 28.4. The molecule has 18 rings (SSSR count). The van der Waals surface area contributed by atoms with Gasteiger partial charge in [0.05, 0.1) is 0 Å². The summed E-state index contributed by atoms with van der Waals surface area (Å²) in [5.41, 5.74) is 31.1. The van der Waals surface area contributed by atoms with E-state index in [0.717, 1.165) is 32.9 Å². The van der Waals surface area contributed by atoms with Gasteiger partial charge in [0.1, 0.15) is 0 Å². The van der Waals surface area contributed by atoms with E-state index in [1.165, 1.54) is 133 Å². The van der Waals surface area contributed by atoms with E-state index in [1.54, 1.807) is 0 Å². The maximum atomic E-state index is 3.60. The third kappa shape index (κ3) is 13.3. The fraction of sp³-hybridized carbons (Fsp3) is 0.0707. The predicted molar refractivity (Wildman–Crippen MR) is 441 cm³/mol. The van der Waals surface area contributed by atoms with Crippen molar-refractivity contribution in [3.05, 3.63) is 403 Å². The maximum absolute atomic E-state index is 3.60. The third-order valence-corrected chi connectivity index (χ3v) is 20.8. The van der Waals surface area contributed by atoms with Crippen LogP contribution in [0.5, 0.6) is 0 Å². The van der Waals surface area contributed by atoms with Gasteiger partial charge in [0.15, 0.2) is 0 Å². The van der Waals surface area contributed by atoms with Crippen molar-refractivity contribution in [2.45, 2.75) is 46.0 Å². The number of anilines is 5. The molecule has 492 valence electrons. The highest BCUT2D eigenvalue weighted by Crippen LogP contribution is 2.52. The average Bonchev–Trinajstić information content (AvgIpc) is 1.58. The summed E-state index contributed by atoms with van der Waals surface area (Å²) in [4.78, 5) is 2.42. The van der Waals surface area contributed by atoms with Crippen LogP contribution in [0.2, 0.25) is 0 Å². The summed E-state index contributed by atoms with van der Waals surface area (Å²) in [6.07, 6.45) is 0. The molecule has 102 heavy (non-hydrogen) atoms. The Hall–Kier alpha value is -11.9. The smallest absolute Gasteiger partial charge is 0.0473 e. The van der Waals surface area contributed by atoms with Gasteiger partial charge in [0.25, 0.3) is 0 Å². The fourth-order valence-electron chi connectivity index (χ4n) is 15.0. The lowest BCUT2D eigenvalue weighted by Crippen LogP contribution is -2.14. The quantitative estimate of drug-likeness (QED) is 0.139. The van der Waals surface area contributed by atoms with Crippen LogP contribution in [0.25, 0.3) is 111 Å². The van der Waals surface area contributed by atoms with Crippen molar-refractivity contribution >= 4 is 65.9 Å². The van der Waals surface area contributed by atoms with Gasteiger partial charge in [-0.1, -0.05) is 318 Å². The molecule has 0 saturated carbocycles. The zero-order valence-corrected chi connectivity index (χ0v) is 58.7. The Morgan fingerprint density at radius 3 is 0.980 bits per heavy atom. The number of halogens is 1. The van der Waals surface area contributed by atoms with E-state index in [4.69, 9.17) is 0 Å². The molecule has 3 heteroatoms. The minimum atomic E-state index is -0.0579. The number of hydrogen-bond donors (Lipinski definition) is 1. The molecule has 0 heterocycles. The first-order valence-corrected chi connectivity index (χ1v) is 35.7. The molecule has 0 unspecified atom stereocenters. The molecule has 0 aromatic heterocycles. The van der Waals surface area contributed by atoms with Crippen molar-refractivity contribution in [2.24, 2.45) is 0 Å². The number of hydrogen-bond acceptors (Lipinski definition) is 2. The van der Waals surface area contributed by atoms with E-state index in [-0.39, 0.29) is 18.3 Å². The van der Waals surface area contributed by atoms with Gasteiger partial charge >= 0.3 is 0 Å². The van der Waals surface area contributed by atoms with Crippen molar-refractivity contribution in [1.29, 1.82) is 0 Å². The molecule has 1 N–H and O–H groups in total. The van der Waals surface area contributed by atoms with Crippen LogP contribution in [0.15, 0.2) is 381 Å². The van der Waals surface area contributed by atoms with E-state index in [2.05, 4.69) is 424 Å². The van der Waals surface area contributed by atoms with Crippen LogP contribution in [0, 0.1) is 0 Å². The Bertz CT molecular complexity index is 5520. The standard InChI is InChI=1S/C49H37N.C30H23N.C19H15Br.CH4/c1-49(2)47-21-13-12-20-45(47)46-32-38-24-27-43(29-41(38)33-48(46)49)50(42-25-22-37(23-26-42)34-14-6-3-7-15-34)44-30-39(35-16-8-4-9-17-35)28-40(31-44)36-18-10-5-11-19-36;1-4-10-23(11-5-1)26-16-18-29(19-17-26)31-30-21-27(24-12-6-2-7-13-24)20-28(22-30)25-14-8-3-9-15-25;1-19(2)17-6-4-3-5-15(17)16-10-12-7-8-14(20)9-13(12)11-18(16)19;/h3-33H,1-2H3;1-22,31H;3-11H,1-2H3;1H4. The van der Waals surface area contributed by atoms with Crippen molar-refractivity contribution in [1.82, 2.24) is 0 Å². The van der Waals surface area contributed by atoms with Gasteiger partial charge in [-0.2, -0.15) is 0 Å². The molecule has 0 bridgehead atoms. The van der Waals surface area contributed by atoms with Crippen LogP contribution in [0.4, 0.5) is 28.4 Å². The lowest BCUT2D eigenvalue weighted by atomic mass is 9.82. The lowest BCUT2D eigenvalue weighted by molar-refractivity contribution is 0.661. The number of rotatable bonds is 11. The molecule has 16 aromatic carbocycles. The van der Waals surface area contributed by atoms with Crippen molar-refractivity contribution < 1.29 is 0 Å². The number of fused-ring (bicyclic) bond motifs is 8. The molecule has 0 amide bonds. The van der Waals surface area contributed by atoms with E-state index in [1.807, 2.05) is 6.07 Å². The maximum Gasteiger partial charge on any atom is 0.0473 e. The summed E-state index contributed by atoms with van der Waals surface area (Å²) in [6.45, 7) is 9.35. The first-order chi connectivity index (χ1) is 49.4. The lowest BCUT2D eigenvalue weighted by Gasteiger charge is -2.28. The molecule has 2 aliphatic carbocycles. The monoisotopic (exact) mass is 1370 g/mol. The topological polar surface area (TPSA) is 15.3 Å². The summed E-state index contributed by atoms with van der Waals surface area (Å²) >= 11 is 3.57. The van der Waals surface area contributed by atoms with Gasteiger partial charge in [0, 0.05) is 43.7 Å². The van der Waals surface area contributed by atoms with Gasteiger partial charge in [-0.05, 0) is 242 Å². The molecule has 2 aliphatic rings. The van der Waals surface area contributed by atoms with Crippen LogP contribution in [0.3, 0.4) is 0 Å². The Morgan fingerprint density at radius 2 is 0.559 bits per heavy atom. The minimum absolute atomic E-state index is 0. The molecular weight excluding hydrogens is 1300 g/mol. The number of nitrogens with one attached hydrogen (secondary N) is 1. The van der Waals surface area contributed by atoms with Gasteiger partial charge in [0.2, 0.25) is 0 Å². The molecular formula is C99H79BrN2. The molecule has 0 spiro atoms. The van der Waals surface area contributed by atoms with E-state index >= 15 is 0 Å². The van der Waals surface area contributed by atoms with Crippen molar-refractivity contribution in [2.75, 3.05) is 10.2 Å². The number of benzene rings is 16. The fourth-order valence-corrected chi connectivity index (χ4v) is 15.4. The summed E-state index contributed by atoms with van der Waals surface area (Å²) in [5, 5.41) is 8.71. The van der Waals surface area contributed by atoms with Crippen molar-refractivity contribution in [3.8, 4) is 89.0 Å². The molecule has 0 fully saturated rings. The van der Waals surface area contributed by atoms with E-state index in [9.17, 15) is 0 Å². The Kier molecular flexibility index (Phi) is 18.4. The SMILES string of the molecule is C.CC1(C)c2ccccc2-c2cc3ccc(Br)cc3cc21.CC1(C)c2ccccc2-c2cc3ccc(N(c4ccc(-c5ccccc5)cc4)c4cc(-c5ccccc5)cc(-c5ccccc5)c4)cc3cc21.c1ccc(-c2ccc(Nc3cc(-c4ccccc4)cc(-c4ccccc4)c3)cc2)cc1. The van der Waals surface area contributed by atoms with Crippen LogP contribution < -0.4 is 10.2 Å². The molecule has 0 radical (unpaired) electrons. The van der Waals surface area contributed by atoms with Gasteiger partial charge < -0.3 is 10.2 Å². The third-order valence-electron chi connectivity index (χ3n) is 20.3. The second kappa shape index (κ2) is 28.4. The summed E-state index contributed by atoms with van der Waals surface area (Å²) in [5.74, 6) is 0. The highest BCUT2D eigenvalue weighted by molar-refractivity contribution is 9.10. The molecule has 2 nitrogen and oxygen atoms in total. The van der Waals surface area contributed by atoms with Crippen LogP contribution >= 0.6 is 15.9 Å². The molecule has 16 aromatic rings. The summed E-state index contributed by atoms with van der Waals surface area (Å²) in [6, 6.07) is 135. The van der Waals surface area contributed by atoms with E-state index in [0.29, 0.717) is 0 Å². The highest BCUT2D eigenvalue weighted by Gasteiger charge is 2.37. The van der Waals surface area contributed by atoms with E-state index < -0.39 is 0 Å². The zero-order chi connectivity index (χ0) is 68.4. The Morgan fingerprint density at radius 1 is 0.225 bits per heavy atom. The largest absolute Gasteiger partial charge is 0.355 e. The second-order valence-electron chi connectivity index (χ2n) is 27.5. The minimum Gasteiger partial charge on any atom is -0.355 e. The van der Waals surface area contributed by atoms with Gasteiger partial charge in [-0.3, -0.25) is 0 Å². The summed E-state index contributed by atoms with van der Waals surface area (Å²) < 4.78 is 1.14. The predicted octanol–water partition coefficient (Wildman–Crippen LogP) is 28.6. The van der Waals surface area contributed by atoms with Crippen LogP contribution in [-0.2, 0) is 10.8 Å². The summed E-state index contributed by atoms with van der Waals surface area (Å²) in [7, 11) is 0. The normalized spacial score (nSPS) is 12.4. The van der Waals surface area contributed by atoms with Crippen LogP contribution in [0.1, 0.15) is 57.4 Å². The Balaban J connectivity index is 0.000000137. The molecule has 0 atom stereocenters. The first-order valence-electron chi connectivity index (χ1n) is 34.9. The van der Waals surface area contributed by atoms with Crippen LogP contribution in [-0.4, -0.2) is 0 Å². The highest BCUT2D eigenvalue weighted by atomic mass is 79.9. The molecule has 0 aliphatic heterocycles. The first kappa shape index (κ1) is 66.0. The Labute approximate surface area is 609 Å².